The Morgan fingerprint density at radius 1 is 1.29 bits per heavy atom. The number of nitrogens with two attached hydrogens (primary N) is 1. The third-order valence-corrected chi connectivity index (χ3v) is 4.99. The van der Waals surface area contributed by atoms with E-state index >= 15 is 0 Å². The van der Waals surface area contributed by atoms with Crippen LogP contribution in [-0.4, -0.2) is 22.1 Å². The van der Waals surface area contributed by atoms with Crippen molar-refractivity contribution in [3.63, 3.8) is 0 Å². The van der Waals surface area contributed by atoms with E-state index < -0.39 is 0 Å². The molecule has 1 aliphatic rings. The highest BCUT2D eigenvalue weighted by atomic mass is 16.5. The Morgan fingerprint density at radius 3 is 2.83 bits per heavy atom. The number of hydrogen-bond acceptors (Lipinski definition) is 5. The molecule has 1 saturated carbocycles. The molecule has 0 aliphatic heterocycles. The fourth-order valence-electron chi connectivity index (χ4n) is 3.64. The Morgan fingerprint density at radius 2 is 2.12 bits per heavy atom. The SMILES string of the molecule is COc1cc2nc(C(N)C3CCCCC3)[nH]c2cc1-c1cnco1. The average molecular weight is 326 g/mol. The largest absolute Gasteiger partial charge is 0.496 e. The van der Waals surface area contributed by atoms with Crippen molar-refractivity contribution in [2.45, 2.75) is 38.1 Å². The van der Waals surface area contributed by atoms with Gasteiger partial charge >= 0.3 is 0 Å². The number of rotatable bonds is 4. The molecule has 0 spiro atoms. The smallest absolute Gasteiger partial charge is 0.181 e. The molecular formula is C18H22N4O2. The van der Waals surface area contributed by atoms with Gasteiger partial charge in [0.05, 0.1) is 35.9 Å². The van der Waals surface area contributed by atoms with Crippen LogP contribution in [0.4, 0.5) is 0 Å². The molecule has 4 rings (SSSR count). The fraction of sp³-hybridized carbons (Fsp3) is 0.444. The van der Waals surface area contributed by atoms with E-state index in [1.807, 2.05) is 12.1 Å². The summed E-state index contributed by atoms with van der Waals surface area (Å²) in [5.74, 6) is 2.74. The van der Waals surface area contributed by atoms with Crippen LogP contribution in [0.5, 0.6) is 5.75 Å². The summed E-state index contributed by atoms with van der Waals surface area (Å²) in [5.41, 5.74) is 9.13. The molecule has 1 aliphatic carbocycles. The molecule has 6 nitrogen and oxygen atoms in total. The van der Waals surface area contributed by atoms with Gasteiger partial charge in [0.15, 0.2) is 12.2 Å². The third kappa shape index (κ3) is 2.67. The van der Waals surface area contributed by atoms with Gasteiger partial charge in [0.2, 0.25) is 0 Å². The zero-order chi connectivity index (χ0) is 16.5. The molecule has 2 aromatic heterocycles. The van der Waals surface area contributed by atoms with Gasteiger partial charge in [0, 0.05) is 6.07 Å². The van der Waals surface area contributed by atoms with Gasteiger partial charge in [-0.05, 0) is 24.8 Å². The second kappa shape index (κ2) is 6.28. The summed E-state index contributed by atoms with van der Waals surface area (Å²) >= 11 is 0. The lowest BCUT2D eigenvalue weighted by Crippen LogP contribution is -2.24. The molecule has 1 aromatic carbocycles. The van der Waals surface area contributed by atoms with E-state index in [1.54, 1.807) is 13.3 Å². The zero-order valence-corrected chi connectivity index (χ0v) is 13.8. The molecule has 126 valence electrons. The van der Waals surface area contributed by atoms with Crippen molar-refractivity contribution in [3.8, 4) is 17.1 Å². The van der Waals surface area contributed by atoms with Gasteiger partial charge in [-0.3, -0.25) is 0 Å². The van der Waals surface area contributed by atoms with E-state index in [9.17, 15) is 0 Å². The van der Waals surface area contributed by atoms with Crippen LogP contribution in [0.1, 0.15) is 44.0 Å². The van der Waals surface area contributed by atoms with E-state index in [0.717, 1.165) is 22.4 Å². The fourth-order valence-corrected chi connectivity index (χ4v) is 3.64. The van der Waals surface area contributed by atoms with Gasteiger partial charge < -0.3 is 19.9 Å². The van der Waals surface area contributed by atoms with Crippen LogP contribution in [0.15, 0.2) is 29.1 Å². The van der Waals surface area contributed by atoms with Crippen LogP contribution in [-0.2, 0) is 0 Å². The van der Waals surface area contributed by atoms with E-state index in [-0.39, 0.29) is 6.04 Å². The number of nitrogens with zero attached hydrogens (tertiary/aromatic N) is 2. The van der Waals surface area contributed by atoms with E-state index in [0.29, 0.717) is 17.4 Å². The summed E-state index contributed by atoms with van der Waals surface area (Å²) in [4.78, 5) is 12.1. The number of oxazole rings is 1. The van der Waals surface area contributed by atoms with Crippen LogP contribution >= 0.6 is 0 Å². The number of benzene rings is 1. The van der Waals surface area contributed by atoms with Crippen LogP contribution in [0.3, 0.4) is 0 Å². The standard InChI is InChI=1S/C18H22N4O2/c1-23-15-8-14-13(7-12(15)16-9-20-10-24-16)21-18(22-14)17(19)11-5-3-2-4-6-11/h7-11,17H,2-6,19H2,1H3,(H,21,22). The van der Waals surface area contributed by atoms with Crippen molar-refractivity contribution >= 4 is 11.0 Å². The summed E-state index contributed by atoms with van der Waals surface area (Å²) < 4.78 is 10.9. The Balaban J connectivity index is 1.72. The summed E-state index contributed by atoms with van der Waals surface area (Å²) in [5, 5.41) is 0. The number of H-pyrrole nitrogens is 1. The lowest BCUT2D eigenvalue weighted by Gasteiger charge is -2.26. The topological polar surface area (TPSA) is 90.0 Å². The lowest BCUT2D eigenvalue weighted by molar-refractivity contribution is 0.302. The third-order valence-electron chi connectivity index (χ3n) is 4.99. The Labute approximate surface area is 140 Å². The van der Waals surface area contributed by atoms with E-state index in [1.165, 1.54) is 38.5 Å². The maximum absolute atomic E-state index is 6.48. The first-order chi connectivity index (χ1) is 11.8. The Bertz CT molecular complexity index is 819. The van der Waals surface area contributed by atoms with Gasteiger partial charge in [0.25, 0.3) is 0 Å². The van der Waals surface area contributed by atoms with Gasteiger partial charge in [0.1, 0.15) is 11.6 Å². The van der Waals surface area contributed by atoms with E-state index in [2.05, 4.69) is 9.97 Å². The minimum Gasteiger partial charge on any atom is -0.496 e. The summed E-state index contributed by atoms with van der Waals surface area (Å²) in [6, 6.07) is 3.86. The maximum atomic E-state index is 6.48. The predicted molar refractivity (Wildman–Crippen MR) is 91.6 cm³/mol. The minimum absolute atomic E-state index is 0.0441. The molecule has 24 heavy (non-hydrogen) atoms. The molecule has 0 saturated heterocycles. The number of methoxy groups -OCH3 is 1. The second-order valence-electron chi connectivity index (χ2n) is 6.48. The molecule has 3 aromatic rings. The van der Waals surface area contributed by atoms with Gasteiger partial charge in [-0.1, -0.05) is 19.3 Å². The monoisotopic (exact) mass is 326 g/mol. The Kier molecular flexibility index (Phi) is 3.98. The average Bonchev–Trinajstić information content (AvgIpc) is 3.29. The number of hydrogen-bond donors (Lipinski definition) is 2. The van der Waals surface area contributed by atoms with Crippen molar-refractivity contribution in [1.29, 1.82) is 0 Å². The van der Waals surface area contributed by atoms with Crippen molar-refractivity contribution < 1.29 is 9.15 Å². The molecule has 2 heterocycles. The highest BCUT2D eigenvalue weighted by molar-refractivity contribution is 5.85. The molecule has 1 fully saturated rings. The number of ether oxygens (including phenoxy) is 1. The quantitative estimate of drug-likeness (QED) is 0.761. The highest BCUT2D eigenvalue weighted by Gasteiger charge is 2.24. The number of imidazole rings is 1. The van der Waals surface area contributed by atoms with Gasteiger partial charge in [-0.15, -0.1) is 0 Å². The van der Waals surface area contributed by atoms with Crippen LogP contribution in [0.2, 0.25) is 0 Å². The van der Waals surface area contributed by atoms with Crippen LogP contribution in [0.25, 0.3) is 22.4 Å². The van der Waals surface area contributed by atoms with Gasteiger partial charge in [-0.2, -0.15) is 0 Å². The molecule has 1 atom stereocenters. The first-order valence-electron chi connectivity index (χ1n) is 8.48. The Hall–Kier alpha value is -2.34. The molecule has 0 amide bonds. The van der Waals surface area contributed by atoms with Crippen molar-refractivity contribution in [2.75, 3.05) is 7.11 Å². The molecule has 0 bridgehead atoms. The molecular weight excluding hydrogens is 304 g/mol. The number of aromatic nitrogens is 3. The number of nitrogens with one attached hydrogen (secondary N) is 1. The maximum Gasteiger partial charge on any atom is 0.181 e. The summed E-state index contributed by atoms with van der Waals surface area (Å²) in [6.07, 6.45) is 9.31. The molecule has 6 heteroatoms. The molecule has 1 unspecified atom stereocenters. The van der Waals surface area contributed by atoms with Crippen molar-refractivity contribution in [3.05, 3.63) is 30.5 Å². The lowest BCUT2D eigenvalue weighted by atomic mass is 9.84. The van der Waals surface area contributed by atoms with Crippen LogP contribution < -0.4 is 10.5 Å². The molecule has 0 radical (unpaired) electrons. The first-order valence-corrected chi connectivity index (χ1v) is 8.48. The van der Waals surface area contributed by atoms with Crippen molar-refractivity contribution in [1.82, 2.24) is 15.0 Å². The predicted octanol–water partition coefficient (Wildman–Crippen LogP) is 3.81. The number of aromatic amines is 1. The second-order valence-corrected chi connectivity index (χ2v) is 6.48. The molecule has 3 N–H and O–H groups in total. The summed E-state index contributed by atoms with van der Waals surface area (Å²) in [7, 11) is 1.64. The number of fused-ring (bicyclic) bond motifs is 1. The minimum atomic E-state index is -0.0441. The van der Waals surface area contributed by atoms with Crippen LogP contribution in [0, 0.1) is 5.92 Å². The summed E-state index contributed by atoms with van der Waals surface area (Å²) in [6.45, 7) is 0. The van der Waals surface area contributed by atoms with Gasteiger partial charge in [-0.25, -0.2) is 9.97 Å². The zero-order valence-electron chi connectivity index (χ0n) is 13.8. The van der Waals surface area contributed by atoms with Crippen molar-refractivity contribution in [2.24, 2.45) is 11.7 Å². The highest BCUT2D eigenvalue weighted by Crippen LogP contribution is 2.36. The normalized spacial score (nSPS) is 17.2. The first kappa shape index (κ1) is 15.2. The van der Waals surface area contributed by atoms with E-state index in [4.69, 9.17) is 19.9 Å².